The van der Waals surface area contributed by atoms with Crippen LogP contribution in [0.4, 0.5) is 0 Å². The average molecular weight is 223 g/mol. The lowest BCUT2D eigenvalue weighted by Gasteiger charge is -2.05. The van der Waals surface area contributed by atoms with E-state index in [1.807, 2.05) is 18.3 Å². The fourth-order valence-corrected chi connectivity index (χ4v) is 1.99. The lowest BCUT2D eigenvalue weighted by atomic mass is 10.3. The fourth-order valence-electron chi connectivity index (χ4n) is 1.26. The number of aliphatic imine (C=N–C) groups is 1. The third-order valence-corrected chi connectivity index (χ3v) is 2.97. The van der Waals surface area contributed by atoms with E-state index < -0.39 is 0 Å². The van der Waals surface area contributed by atoms with Crippen LogP contribution >= 0.6 is 11.8 Å². The molecular weight excluding hydrogens is 210 g/mol. The Morgan fingerprint density at radius 3 is 3.07 bits per heavy atom. The number of nitrogens with one attached hydrogen (secondary N) is 1. The second-order valence-electron chi connectivity index (χ2n) is 3.10. The molecule has 0 saturated carbocycles. The molecule has 0 bridgehead atoms. The molecule has 0 aliphatic carbocycles. The lowest BCUT2D eigenvalue weighted by Crippen LogP contribution is -2.18. The number of hydrogen-bond acceptors (Lipinski definition) is 5. The normalized spacial score (nSPS) is 14.9. The van der Waals surface area contributed by atoms with Crippen LogP contribution in [-0.2, 0) is 6.54 Å². The Morgan fingerprint density at radius 1 is 1.53 bits per heavy atom. The van der Waals surface area contributed by atoms with Crippen LogP contribution in [0, 0.1) is 0 Å². The van der Waals surface area contributed by atoms with Crippen molar-refractivity contribution in [3.05, 3.63) is 23.9 Å². The summed E-state index contributed by atoms with van der Waals surface area (Å²) in [5.74, 6) is 1.73. The highest BCUT2D eigenvalue weighted by molar-refractivity contribution is 8.14. The van der Waals surface area contributed by atoms with Crippen molar-refractivity contribution in [1.82, 2.24) is 10.3 Å². The second kappa shape index (κ2) is 5.02. The third kappa shape index (κ3) is 2.86. The Bertz CT molecular complexity index is 350. The molecule has 0 amide bonds. The van der Waals surface area contributed by atoms with Gasteiger partial charge in [-0.3, -0.25) is 4.99 Å². The van der Waals surface area contributed by atoms with Crippen LogP contribution < -0.4 is 10.1 Å². The van der Waals surface area contributed by atoms with Crippen molar-refractivity contribution in [3.63, 3.8) is 0 Å². The largest absolute Gasteiger partial charge is 0.481 e. The maximum absolute atomic E-state index is 4.99. The van der Waals surface area contributed by atoms with Crippen LogP contribution in [0.15, 0.2) is 23.3 Å². The number of amidine groups is 1. The summed E-state index contributed by atoms with van der Waals surface area (Å²) >= 11 is 1.76. The molecule has 1 aliphatic rings. The molecule has 0 unspecified atom stereocenters. The molecule has 0 saturated heterocycles. The summed E-state index contributed by atoms with van der Waals surface area (Å²) in [6.07, 6.45) is 1.81. The van der Waals surface area contributed by atoms with Gasteiger partial charge in [0.25, 0.3) is 0 Å². The molecule has 1 aromatic heterocycles. The van der Waals surface area contributed by atoms with Crippen molar-refractivity contribution >= 4 is 16.9 Å². The van der Waals surface area contributed by atoms with Crippen LogP contribution in [0.5, 0.6) is 5.88 Å². The van der Waals surface area contributed by atoms with Crippen molar-refractivity contribution in [1.29, 1.82) is 0 Å². The third-order valence-electron chi connectivity index (χ3n) is 2.04. The maximum Gasteiger partial charge on any atom is 0.212 e. The van der Waals surface area contributed by atoms with E-state index >= 15 is 0 Å². The number of hydrogen-bond donors (Lipinski definition) is 1. The molecule has 4 nitrogen and oxygen atoms in total. The van der Waals surface area contributed by atoms with E-state index in [9.17, 15) is 0 Å². The first kappa shape index (κ1) is 10.3. The highest BCUT2D eigenvalue weighted by Gasteiger charge is 2.05. The highest BCUT2D eigenvalue weighted by Crippen LogP contribution is 2.10. The zero-order valence-corrected chi connectivity index (χ0v) is 9.38. The van der Waals surface area contributed by atoms with Crippen LogP contribution in [0.2, 0.25) is 0 Å². The van der Waals surface area contributed by atoms with Gasteiger partial charge in [0.15, 0.2) is 5.17 Å². The smallest absolute Gasteiger partial charge is 0.212 e. The standard InChI is InChI=1S/C10H13N3OS/c1-14-9-3-2-8(6-12-9)7-13-10-11-4-5-15-10/h2-3,6H,4-5,7H2,1H3,(H,11,13). The number of rotatable bonds is 3. The molecule has 1 aliphatic heterocycles. The summed E-state index contributed by atoms with van der Waals surface area (Å²) in [6, 6.07) is 3.86. The molecule has 0 aromatic carbocycles. The quantitative estimate of drug-likeness (QED) is 0.838. The Kier molecular flexibility index (Phi) is 3.45. The molecule has 2 heterocycles. The van der Waals surface area contributed by atoms with E-state index in [0.29, 0.717) is 5.88 Å². The first-order valence-corrected chi connectivity index (χ1v) is 5.77. The Hall–Kier alpha value is -1.23. The van der Waals surface area contributed by atoms with E-state index in [1.165, 1.54) is 0 Å². The maximum atomic E-state index is 4.99. The summed E-state index contributed by atoms with van der Waals surface area (Å²) in [4.78, 5) is 8.44. The number of aromatic nitrogens is 1. The second-order valence-corrected chi connectivity index (χ2v) is 4.18. The van der Waals surface area contributed by atoms with Gasteiger partial charge >= 0.3 is 0 Å². The Balaban J connectivity index is 1.87. The molecule has 15 heavy (non-hydrogen) atoms. The molecule has 80 valence electrons. The minimum atomic E-state index is 0.645. The zero-order valence-electron chi connectivity index (χ0n) is 8.56. The van der Waals surface area contributed by atoms with Gasteiger partial charge in [-0.15, -0.1) is 0 Å². The van der Waals surface area contributed by atoms with Gasteiger partial charge in [0.05, 0.1) is 13.7 Å². The zero-order chi connectivity index (χ0) is 10.5. The van der Waals surface area contributed by atoms with Crippen LogP contribution in [0.3, 0.4) is 0 Å². The van der Waals surface area contributed by atoms with Crippen molar-refractivity contribution in [2.75, 3.05) is 19.4 Å². The van der Waals surface area contributed by atoms with E-state index in [-0.39, 0.29) is 0 Å². The van der Waals surface area contributed by atoms with Gasteiger partial charge in [0, 0.05) is 24.6 Å². The minimum Gasteiger partial charge on any atom is -0.481 e. The molecule has 5 heteroatoms. The van der Waals surface area contributed by atoms with Crippen LogP contribution in [0.25, 0.3) is 0 Å². The van der Waals surface area contributed by atoms with Gasteiger partial charge in [-0.1, -0.05) is 17.8 Å². The van der Waals surface area contributed by atoms with Crippen LogP contribution in [0.1, 0.15) is 5.56 Å². The first-order valence-electron chi connectivity index (χ1n) is 4.78. The fraction of sp³-hybridized carbons (Fsp3) is 0.400. The van der Waals surface area contributed by atoms with Crippen molar-refractivity contribution < 1.29 is 4.74 Å². The molecule has 0 atom stereocenters. The number of nitrogens with zero attached hydrogens (tertiary/aromatic N) is 2. The topological polar surface area (TPSA) is 46.5 Å². The summed E-state index contributed by atoms with van der Waals surface area (Å²) in [7, 11) is 1.62. The lowest BCUT2D eigenvalue weighted by molar-refractivity contribution is 0.397. The summed E-state index contributed by atoms with van der Waals surface area (Å²) in [5, 5.41) is 4.30. The van der Waals surface area contributed by atoms with Gasteiger partial charge in [0.1, 0.15) is 0 Å². The molecule has 1 N–H and O–H groups in total. The molecular formula is C10H13N3OS. The van der Waals surface area contributed by atoms with E-state index in [0.717, 1.165) is 29.6 Å². The van der Waals surface area contributed by atoms with Crippen LogP contribution in [-0.4, -0.2) is 29.6 Å². The van der Waals surface area contributed by atoms with Crippen molar-refractivity contribution in [3.8, 4) is 5.88 Å². The highest BCUT2D eigenvalue weighted by atomic mass is 32.2. The van der Waals surface area contributed by atoms with E-state index in [2.05, 4.69) is 15.3 Å². The summed E-state index contributed by atoms with van der Waals surface area (Å²) < 4.78 is 4.99. The average Bonchev–Trinajstić information content (AvgIpc) is 2.80. The molecule has 0 spiro atoms. The predicted octanol–water partition coefficient (Wildman–Crippen LogP) is 1.28. The first-order chi connectivity index (χ1) is 7.38. The minimum absolute atomic E-state index is 0.645. The predicted molar refractivity (Wildman–Crippen MR) is 62.4 cm³/mol. The Morgan fingerprint density at radius 2 is 2.47 bits per heavy atom. The number of methoxy groups -OCH3 is 1. The van der Waals surface area contributed by atoms with Gasteiger partial charge in [-0.25, -0.2) is 4.98 Å². The van der Waals surface area contributed by atoms with Gasteiger partial charge in [-0.05, 0) is 5.56 Å². The molecule has 0 radical (unpaired) electrons. The summed E-state index contributed by atoms with van der Waals surface area (Å²) in [5.41, 5.74) is 1.13. The van der Waals surface area contributed by atoms with Crippen molar-refractivity contribution in [2.45, 2.75) is 6.54 Å². The SMILES string of the molecule is COc1ccc(CNC2=NCCS2)cn1. The molecule has 1 aromatic rings. The van der Waals surface area contributed by atoms with E-state index in [4.69, 9.17) is 4.74 Å². The van der Waals surface area contributed by atoms with E-state index in [1.54, 1.807) is 18.9 Å². The van der Waals surface area contributed by atoms with Gasteiger partial charge < -0.3 is 10.1 Å². The number of thioether (sulfide) groups is 1. The summed E-state index contributed by atoms with van der Waals surface area (Å²) in [6.45, 7) is 1.69. The monoisotopic (exact) mass is 223 g/mol. The molecule has 0 fully saturated rings. The molecule has 2 rings (SSSR count). The van der Waals surface area contributed by atoms with Gasteiger partial charge in [0.2, 0.25) is 5.88 Å². The van der Waals surface area contributed by atoms with Gasteiger partial charge in [-0.2, -0.15) is 0 Å². The number of ether oxygens (including phenoxy) is 1. The number of pyridine rings is 1. The Labute approximate surface area is 93.2 Å². The van der Waals surface area contributed by atoms with Crippen molar-refractivity contribution in [2.24, 2.45) is 4.99 Å².